The summed E-state index contributed by atoms with van der Waals surface area (Å²) in [6, 6.07) is 5.16. The number of esters is 1. The van der Waals surface area contributed by atoms with E-state index in [1.165, 1.54) is 9.80 Å². The van der Waals surface area contributed by atoms with Crippen LogP contribution in [0.15, 0.2) is 49.6 Å². The summed E-state index contributed by atoms with van der Waals surface area (Å²) in [6.07, 6.45) is 3.43. The maximum Gasteiger partial charge on any atom is 0.312 e. The number of amides is 2. The zero-order valence-electron chi connectivity index (χ0n) is 20.0. The summed E-state index contributed by atoms with van der Waals surface area (Å²) in [6.45, 7) is 9.01. The van der Waals surface area contributed by atoms with Crippen molar-refractivity contribution in [1.82, 2.24) is 4.90 Å². The summed E-state index contributed by atoms with van der Waals surface area (Å²) < 4.78 is 11.9. The van der Waals surface area contributed by atoms with E-state index in [4.69, 9.17) is 21.1 Å². The van der Waals surface area contributed by atoms with Crippen LogP contribution in [0.25, 0.3) is 0 Å². The fourth-order valence-corrected chi connectivity index (χ4v) is 6.95. The van der Waals surface area contributed by atoms with Gasteiger partial charge in [0.15, 0.2) is 0 Å². The van der Waals surface area contributed by atoms with Crippen LogP contribution in [0.3, 0.4) is 0 Å². The summed E-state index contributed by atoms with van der Waals surface area (Å²) in [5.74, 6) is -3.14. The number of benzene rings is 1. The van der Waals surface area contributed by atoms with Crippen LogP contribution in [0.2, 0.25) is 5.02 Å². The molecule has 3 heterocycles. The second-order valence-corrected chi connectivity index (χ2v) is 11.0. The molecular weight excluding hydrogens is 552 g/mol. The number of aliphatic hydroxyl groups excluding tert-OH is 1. The van der Waals surface area contributed by atoms with Gasteiger partial charge in [0.1, 0.15) is 11.6 Å². The van der Waals surface area contributed by atoms with E-state index in [1.807, 2.05) is 0 Å². The van der Waals surface area contributed by atoms with Gasteiger partial charge in [0.05, 0.1) is 47.9 Å². The topological polar surface area (TPSA) is 96.4 Å². The number of para-hydroxylation sites is 1. The van der Waals surface area contributed by atoms with E-state index in [9.17, 15) is 19.5 Å². The number of aliphatic hydroxyl groups is 1. The van der Waals surface area contributed by atoms with Crippen molar-refractivity contribution >= 4 is 51.0 Å². The number of rotatable bonds is 10. The molecule has 1 aromatic carbocycles. The molecule has 0 radical (unpaired) electrons. The maximum atomic E-state index is 14.3. The Kier molecular flexibility index (Phi) is 7.95. The number of halogens is 2. The fourth-order valence-electron chi connectivity index (χ4n) is 5.77. The number of nitrogens with zero attached hydrogens (tertiary/aromatic N) is 2. The predicted octanol–water partition coefficient (Wildman–Crippen LogP) is 3.11. The number of carbonyl (C=O) groups excluding carboxylic acids is 3. The molecule has 3 fully saturated rings. The summed E-state index contributed by atoms with van der Waals surface area (Å²) in [4.78, 5) is 44.0. The maximum absolute atomic E-state index is 14.3. The molecule has 0 aliphatic carbocycles. The van der Waals surface area contributed by atoms with Gasteiger partial charge in [0.2, 0.25) is 5.91 Å². The molecule has 3 saturated heterocycles. The molecule has 2 bridgehead atoms. The van der Waals surface area contributed by atoms with E-state index >= 15 is 0 Å². The molecule has 1 aromatic rings. The number of hydrogen-bond acceptors (Lipinski definition) is 6. The largest absolute Gasteiger partial charge is 0.465 e. The summed E-state index contributed by atoms with van der Waals surface area (Å²) in [5.41, 5.74) is -0.796. The Balaban J connectivity index is 1.79. The number of carbonyl (C=O) groups is 3. The van der Waals surface area contributed by atoms with Gasteiger partial charge in [-0.1, -0.05) is 51.8 Å². The first-order valence-corrected chi connectivity index (χ1v) is 13.2. The lowest BCUT2D eigenvalue weighted by Crippen LogP contribution is -2.58. The highest BCUT2D eigenvalue weighted by Gasteiger charge is 2.77. The number of likely N-dealkylation sites (tertiary alicyclic amines) is 1. The number of hydrogen-bond donors (Lipinski definition) is 1. The van der Waals surface area contributed by atoms with Crippen molar-refractivity contribution < 1.29 is 29.0 Å². The van der Waals surface area contributed by atoms with Crippen LogP contribution in [0.5, 0.6) is 0 Å². The Morgan fingerprint density at radius 3 is 2.75 bits per heavy atom. The third-order valence-corrected chi connectivity index (χ3v) is 8.42. The van der Waals surface area contributed by atoms with Crippen molar-refractivity contribution in [2.24, 2.45) is 11.8 Å². The zero-order valence-corrected chi connectivity index (χ0v) is 22.4. The quantitative estimate of drug-likeness (QED) is 0.197. The van der Waals surface area contributed by atoms with Crippen LogP contribution in [-0.2, 0) is 23.9 Å². The molecule has 0 saturated carbocycles. The molecule has 194 valence electrons. The summed E-state index contributed by atoms with van der Waals surface area (Å²) in [5, 5.41) is 10.4. The standard InChI is InChI=1S/C26H30BrClN2O6/c1-4-6-12-35-25(34)19-20-23(32)30(15(3)14-31)22(26(20)13-16(27)21(19)36-26)24(33)29(11-5-2)18-10-8-7-9-17(18)28/h4-5,7-10,15-16,19-22,31H,1-2,6,11-14H2,3H3/t15-,16?,19+,20+,21+,22?,26?/m1/s1. The second kappa shape index (κ2) is 10.7. The SMILES string of the molecule is C=CCCOC(=O)[C@H]1[C@H]2C(=O)N([C@H](C)CO)C(C(=O)N(CC=C)c3ccccc3Cl)C23CC(Br)[C@@H]1O3. The second-order valence-electron chi connectivity index (χ2n) is 9.37. The lowest BCUT2D eigenvalue weighted by Gasteiger charge is -2.38. The molecule has 3 unspecified atom stereocenters. The van der Waals surface area contributed by atoms with E-state index in [-0.39, 0.29) is 24.6 Å². The lowest BCUT2D eigenvalue weighted by atomic mass is 9.70. The zero-order chi connectivity index (χ0) is 26.2. The molecule has 8 nitrogen and oxygen atoms in total. The molecule has 4 rings (SSSR count). The van der Waals surface area contributed by atoms with E-state index in [0.717, 1.165) is 0 Å². The third-order valence-electron chi connectivity index (χ3n) is 7.26. The minimum Gasteiger partial charge on any atom is -0.465 e. The molecule has 2 amide bonds. The Labute approximate surface area is 224 Å². The first-order chi connectivity index (χ1) is 17.2. The normalized spacial score (nSPS) is 31.2. The minimum absolute atomic E-state index is 0.142. The number of fused-ring (bicyclic) bond motifs is 1. The van der Waals surface area contributed by atoms with Gasteiger partial charge >= 0.3 is 5.97 Å². The van der Waals surface area contributed by atoms with Gasteiger partial charge in [-0.2, -0.15) is 0 Å². The molecule has 3 aliphatic heterocycles. The van der Waals surface area contributed by atoms with Crippen molar-refractivity contribution in [1.29, 1.82) is 0 Å². The Morgan fingerprint density at radius 2 is 2.11 bits per heavy atom. The average molecular weight is 582 g/mol. The first-order valence-electron chi connectivity index (χ1n) is 11.9. The highest BCUT2D eigenvalue weighted by Crippen LogP contribution is 2.60. The van der Waals surface area contributed by atoms with Gasteiger partial charge in [0, 0.05) is 11.4 Å². The van der Waals surface area contributed by atoms with Crippen molar-refractivity contribution in [3.05, 3.63) is 54.6 Å². The van der Waals surface area contributed by atoms with E-state index in [1.54, 1.807) is 43.3 Å². The van der Waals surface area contributed by atoms with Crippen LogP contribution in [0.4, 0.5) is 5.69 Å². The number of alkyl halides is 1. The predicted molar refractivity (Wildman–Crippen MR) is 139 cm³/mol. The van der Waals surface area contributed by atoms with Crippen molar-refractivity contribution in [2.45, 2.75) is 48.4 Å². The van der Waals surface area contributed by atoms with Crippen LogP contribution < -0.4 is 4.90 Å². The molecule has 36 heavy (non-hydrogen) atoms. The van der Waals surface area contributed by atoms with Gasteiger partial charge in [-0.25, -0.2) is 0 Å². The van der Waals surface area contributed by atoms with Gasteiger partial charge in [-0.05, 0) is 31.9 Å². The monoisotopic (exact) mass is 580 g/mol. The molecule has 0 aromatic heterocycles. The van der Waals surface area contributed by atoms with Gasteiger partial charge in [-0.3, -0.25) is 14.4 Å². The molecule has 3 aliphatic rings. The van der Waals surface area contributed by atoms with Crippen LogP contribution >= 0.6 is 27.5 Å². The Hall–Kier alpha value is -2.20. The lowest BCUT2D eigenvalue weighted by molar-refractivity contribution is -0.155. The van der Waals surface area contributed by atoms with Gasteiger partial charge < -0.3 is 24.4 Å². The molecule has 10 heteroatoms. The van der Waals surface area contributed by atoms with E-state index in [0.29, 0.717) is 23.6 Å². The van der Waals surface area contributed by atoms with Crippen LogP contribution in [0, 0.1) is 11.8 Å². The highest BCUT2D eigenvalue weighted by atomic mass is 79.9. The highest BCUT2D eigenvalue weighted by molar-refractivity contribution is 9.09. The van der Waals surface area contributed by atoms with E-state index in [2.05, 4.69) is 29.1 Å². The minimum atomic E-state index is -1.26. The fraction of sp³-hybridized carbons (Fsp3) is 0.500. The first kappa shape index (κ1) is 26.9. The molecule has 7 atom stereocenters. The van der Waals surface area contributed by atoms with Crippen molar-refractivity contribution in [3.63, 3.8) is 0 Å². The van der Waals surface area contributed by atoms with E-state index < -0.39 is 53.4 Å². The number of anilines is 1. The van der Waals surface area contributed by atoms with Crippen molar-refractivity contribution in [2.75, 3.05) is 24.7 Å². The van der Waals surface area contributed by atoms with Gasteiger partial charge in [-0.15, -0.1) is 13.2 Å². The third kappa shape index (κ3) is 4.20. The van der Waals surface area contributed by atoms with Crippen LogP contribution in [-0.4, -0.2) is 76.2 Å². The molecular formula is C26H30BrClN2O6. The van der Waals surface area contributed by atoms with Gasteiger partial charge in [0.25, 0.3) is 5.91 Å². The number of ether oxygens (including phenoxy) is 2. The smallest absolute Gasteiger partial charge is 0.312 e. The van der Waals surface area contributed by atoms with Crippen LogP contribution in [0.1, 0.15) is 19.8 Å². The Bertz CT molecular complexity index is 1070. The Morgan fingerprint density at radius 1 is 1.39 bits per heavy atom. The molecule has 1 spiro atoms. The molecule has 1 N–H and O–H groups in total. The van der Waals surface area contributed by atoms with Crippen molar-refractivity contribution in [3.8, 4) is 0 Å². The summed E-state index contributed by atoms with van der Waals surface area (Å²) >= 11 is 10.1. The average Bonchev–Trinajstić information content (AvgIpc) is 3.45. The summed E-state index contributed by atoms with van der Waals surface area (Å²) in [7, 11) is 0.